The van der Waals surface area contributed by atoms with Crippen molar-refractivity contribution in [2.75, 3.05) is 24.7 Å². The summed E-state index contributed by atoms with van der Waals surface area (Å²) in [5.41, 5.74) is 0.604. The van der Waals surface area contributed by atoms with Gasteiger partial charge in [0.15, 0.2) is 0 Å². The number of hydrogen-bond acceptors (Lipinski definition) is 3. The summed E-state index contributed by atoms with van der Waals surface area (Å²) in [5.74, 6) is 0.743. The van der Waals surface area contributed by atoms with Crippen LogP contribution in [0.2, 0.25) is 0 Å². The molecule has 0 aliphatic carbocycles. The van der Waals surface area contributed by atoms with Crippen LogP contribution >= 0.6 is 0 Å². The summed E-state index contributed by atoms with van der Waals surface area (Å²) in [5, 5.41) is 9.60. The van der Waals surface area contributed by atoms with E-state index in [0.717, 1.165) is 31.7 Å². The van der Waals surface area contributed by atoms with E-state index in [-0.39, 0.29) is 0 Å². The van der Waals surface area contributed by atoms with Crippen molar-refractivity contribution in [1.29, 1.82) is 0 Å². The van der Waals surface area contributed by atoms with Crippen molar-refractivity contribution in [1.82, 2.24) is 4.98 Å². The van der Waals surface area contributed by atoms with Crippen LogP contribution in [-0.4, -0.2) is 29.9 Å². The number of aliphatic hydroxyl groups is 1. The second kappa shape index (κ2) is 5.25. The molecule has 1 fully saturated rings. The van der Waals surface area contributed by atoms with E-state index in [4.69, 9.17) is 0 Å². The van der Waals surface area contributed by atoms with Crippen molar-refractivity contribution < 1.29 is 9.50 Å². The number of nitrogens with zero attached hydrogens (tertiary/aromatic N) is 2. The molecule has 1 aromatic rings. The minimum atomic E-state index is -1.05. The number of anilines is 1. The SMILES string of the molecule is OC(CF)c1cccnc1N1CCCCC1. The highest BCUT2D eigenvalue weighted by Crippen LogP contribution is 2.26. The predicted octanol–water partition coefficient (Wildman–Crippen LogP) is 2.07. The number of alkyl halides is 1. The lowest BCUT2D eigenvalue weighted by molar-refractivity contribution is 0.141. The number of pyridine rings is 1. The Labute approximate surface area is 94.9 Å². The molecule has 2 heterocycles. The van der Waals surface area contributed by atoms with Gasteiger partial charge in [-0.3, -0.25) is 0 Å². The first kappa shape index (κ1) is 11.3. The summed E-state index contributed by atoms with van der Waals surface area (Å²) < 4.78 is 12.5. The standard InChI is InChI=1S/C12H17FN2O/c13-9-11(16)10-5-4-6-14-12(10)15-7-2-1-3-8-15/h4-6,11,16H,1-3,7-9H2. The van der Waals surface area contributed by atoms with Gasteiger partial charge in [-0.25, -0.2) is 9.37 Å². The van der Waals surface area contributed by atoms with E-state index in [2.05, 4.69) is 9.88 Å². The molecule has 3 nitrogen and oxygen atoms in total. The third-order valence-corrected chi connectivity index (χ3v) is 2.98. The lowest BCUT2D eigenvalue weighted by atomic mass is 10.1. The Kier molecular flexibility index (Phi) is 3.72. The number of halogens is 1. The molecular weight excluding hydrogens is 207 g/mol. The van der Waals surface area contributed by atoms with Crippen LogP contribution in [0.5, 0.6) is 0 Å². The molecule has 4 heteroatoms. The fourth-order valence-corrected chi connectivity index (χ4v) is 2.12. The van der Waals surface area contributed by atoms with Crippen LogP contribution in [0.4, 0.5) is 10.2 Å². The summed E-state index contributed by atoms with van der Waals surface area (Å²) in [4.78, 5) is 6.41. The van der Waals surface area contributed by atoms with Crippen LogP contribution in [-0.2, 0) is 0 Å². The molecule has 2 rings (SSSR count). The fraction of sp³-hybridized carbons (Fsp3) is 0.583. The topological polar surface area (TPSA) is 36.4 Å². The summed E-state index contributed by atoms with van der Waals surface area (Å²) in [6.07, 6.45) is 4.16. The molecule has 0 spiro atoms. The van der Waals surface area contributed by atoms with E-state index in [0.29, 0.717) is 5.56 Å². The first-order chi connectivity index (χ1) is 7.83. The quantitative estimate of drug-likeness (QED) is 0.854. The van der Waals surface area contributed by atoms with Crippen molar-refractivity contribution in [3.63, 3.8) is 0 Å². The highest BCUT2D eigenvalue weighted by Gasteiger charge is 2.19. The van der Waals surface area contributed by atoms with Crippen molar-refractivity contribution >= 4 is 5.82 Å². The molecule has 1 unspecified atom stereocenters. The summed E-state index contributed by atoms with van der Waals surface area (Å²) in [6, 6.07) is 3.49. The molecule has 16 heavy (non-hydrogen) atoms. The molecule has 1 aromatic heterocycles. The van der Waals surface area contributed by atoms with Crippen LogP contribution < -0.4 is 4.90 Å². The maximum absolute atomic E-state index is 12.5. The zero-order valence-electron chi connectivity index (χ0n) is 9.27. The molecule has 1 atom stereocenters. The smallest absolute Gasteiger partial charge is 0.134 e. The van der Waals surface area contributed by atoms with Gasteiger partial charge in [-0.15, -0.1) is 0 Å². The minimum Gasteiger partial charge on any atom is -0.386 e. The average molecular weight is 224 g/mol. The Hall–Kier alpha value is -1.16. The maximum Gasteiger partial charge on any atom is 0.134 e. The lowest BCUT2D eigenvalue weighted by Crippen LogP contribution is -2.31. The average Bonchev–Trinajstić information content (AvgIpc) is 2.39. The van der Waals surface area contributed by atoms with Crippen LogP contribution in [0.3, 0.4) is 0 Å². The van der Waals surface area contributed by atoms with Crippen molar-refractivity contribution in [2.45, 2.75) is 25.4 Å². The monoisotopic (exact) mass is 224 g/mol. The van der Waals surface area contributed by atoms with E-state index in [1.807, 2.05) is 0 Å². The summed E-state index contributed by atoms with van der Waals surface area (Å²) >= 11 is 0. The Balaban J connectivity index is 2.24. The number of hydrogen-bond donors (Lipinski definition) is 1. The van der Waals surface area contributed by atoms with Crippen LogP contribution in [0.15, 0.2) is 18.3 Å². The number of rotatable bonds is 3. The summed E-state index contributed by atoms with van der Waals surface area (Å²) in [6.45, 7) is 1.14. The Morgan fingerprint density at radius 3 is 2.81 bits per heavy atom. The third kappa shape index (κ3) is 2.32. The molecule has 1 aliphatic rings. The molecule has 0 saturated carbocycles. The van der Waals surface area contributed by atoms with E-state index in [9.17, 15) is 9.50 Å². The normalized spacial score (nSPS) is 18.5. The highest BCUT2D eigenvalue weighted by atomic mass is 19.1. The molecule has 1 aliphatic heterocycles. The number of aliphatic hydroxyl groups excluding tert-OH is 1. The third-order valence-electron chi connectivity index (χ3n) is 2.98. The molecule has 1 N–H and O–H groups in total. The zero-order chi connectivity index (χ0) is 11.4. The Morgan fingerprint density at radius 1 is 1.38 bits per heavy atom. The molecular formula is C12H17FN2O. The second-order valence-corrected chi connectivity index (χ2v) is 4.13. The van der Waals surface area contributed by atoms with Gasteiger partial charge in [0.25, 0.3) is 0 Å². The largest absolute Gasteiger partial charge is 0.386 e. The highest BCUT2D eigenvalue weighted by molar-refractivity contribution is 5.48. The van der Waals surface area contributed by atoms with Gasteiger partial charge in [0.1, 0.15) is 18.6 Å². The van der Waals surface area contributed by atoms with E-state index in [1.165, 1.54) is 6.42 Å². The predicted molar refractivity (Wildman–Crippen MR) is 61.2 cm³/mol. The molecule has 0 bridgehead atoms. The Morgan fingerprint density at radius 2 is 2.12 bits per heavy atom. The zero-order valence-corrected chi connectivity index (χ0v) is 9.27. The van der Waals surface area contributed by atoms with Gasteiger partial charge in [-0.2, -0.15) is 0 Å². The van der Waals surface area contributed by atoms with Crippen molar-refractivity contribution in [3.05, 3.63) is 23.9 Å². The van der Waals surface area contributed by atoms with Crippen LogP contribution in [0, 0.1) is 0 Å². The van der Waals surface area contributed by atoms with Crippen molar-refractivity contribution in [2.24, 2.45) is 0 Å². The van der Waals surface area contributed by atoms with Gasteiger partial charge in [0.05, 0.1) is 0 Å². The summed E-state index contributed by atoms with van der Waals surface area (Å²) in [7, 11) is 0. The fourth-order valence-electron chi connectivity index (χ4n) is 2.12. The minimum absolute atomic E-state index is 0.604. The van der Waals surface area contributed by atoms with E-state index in [1.54, 1.807) is 18.3 Å². The Bertz CT molecular complexity index is 340. The van der Waals surface area contributed by atoms with E-state index < -0.39 is 12.8 Å². The molecule has 0 aromatic carbocycles. The van der Waals surface area contributed by atoms with Gasteiger partial charge in [0.2, 0.25) is 0 Å². The second-order valence-electron chi connectivity index (χ2n) is 4.13. The first-order valence-corrected chi connectivity index (χ1v) is 5.77. The van der Waals surface area contributed by atoms with Gasteiger partial charge in [0, 0.05) is 24.8 Å². The number of piperidine rings is 1. The van der Waals surface area contributed by atoms with Crippen molar-refractivity contribution in [3.8, 4) is 0 Å². The molecule has 88 valence electrons. The van der Waals surface area contributed by atoms with Gasteiger partial charge in [-0.1, -0.05) is 6.07 Å². The first-order valence-electron chi connectivity index (χ1n) is 5.77. The number of aromatic nitrogens is 1. The van der Waals surface area contributed by atoms with Gasteiger partial charge < -0.3 is 10.0 Å². The van der Waals surface area contributed by atoms with E-state index >= 15 is 0 Å². The molecule has 0 radical (unpaired) electrons. The van der Waals surface area contributed by atoms with Gasteiger partial charge in [-0.05, 0) is 25.3 Å². The van der Waals surface area contributed by atoms with Gasteiger partial charge >= 0.3 is 0 Å². The molecule has 1 saturated heterocycles. The van der Waals surface area contributed by atoms with Crippen LogP contribution in [0.1, 0.15) is 30.9 Å². The lowest BCUT2D eigenvalue weighted by Gasteiger charge is -2.30. The van der Waals surface area contributed by atoms with Crippen LogP contribution in [0.25, 0.3) is 0 Å². The molecule has 0 amide bonds. The maximum atomic E-state index is 12.5.